The normalized spacial score (nSPS) is 10.3. The Kier molecular flexibility index (Phi) is 3.29. The van der Waals surface area contributed by atoms with Gasteiger partial charge in [0.1, 0.15) is 0 Å². The molecule has 11 heavy (non-hydrogen) atoms. The number of nitrogens with zero attached hydrogens (tertiary/aromatic N) is 2. The fraction of sp³-hybridized carbons (Fsp3) is 0.571. The molecule has 0 aliphatic rings. The largest absolute Gasteiger partial charge is 0.505 e. The molecule has 0 aromatic carbocycles. The summed E-state index contributed by atoms with van der Waals surface area (Å²) in [5.41, 5.74) is 0. The molecule has 0 amide bonds. The van der Waals surface area contributed by atoms with Crippen LogP contribution in [0.15, 0.2) is 12.4 Å². The van der Waals surface area contributed by atoms with Gasteiger partial charge in [0.05, 0.1) is 12.4 Å². The monoisotopic (exact) mass is 172 g/mol. The highest BCUT2D eigenvalue weighted by atomic mass is 32.2. The van der Waals surface area contributed by atoms with Crippen LogP contribution in [0.25, 0.3) is 0 Å². The molecule has 0 saturated heterocycles. The van der Waals surface area contributed by atoms with Crippen molar-refractivity contribution in [2.45, 2.75) is 13.0 Å². The quantitative estimate of drug-likeness (QED) is 0.696. The van der Waals surface area contributed by atoms with E-state index in [9.17, 15) is 0 Å². The van der Waals surface area contributed by atoms with E-state index in [1.54, 1.807) is 10.9 Å². The fourth-order valence-electron chi connectivity index (χ4n) is 0.846. The number of thioether (sulfide) groups is 1. The molecule has 0 atom stereocenters. The molecule has 1 aromatic rings. The Bertz CT molecular complexity index is 212. The molecule has 1 rings (SSSR count). The van der Waals surface area contributed by atoms with Gasteiger partial charge in [-0.2, -0.15) is 16.9 Å². The van der Waals surface area contributed by atoms with E-state index >= 15 is 0 Å². The fourth-order valence-corrected chi connectivity index (χ4v) is 1.26. The smallest absolute Gasteiger partial charge is 0.153 e. The van der Waals surface area contributed by atoms with Gasteiger partial charge in [0, 0.05) is 6.54 Å². The Hall–Kier alpha value is -0.640. The van der Waals surface area contributed by atoms with Gasteiger partial charge in [-0.3, -0.25) is 4.68 Å². The molecule has 0 fully saturated rings. The molecule has 1 heterocycles. The first-order valence-corrected chi connectivity index (χ1v) is 4.92. The Labute approximate surface area is 70.4 Å². The molecule has 3 nitrogen and oxygen atoms in total. The van der Waals surface area contributed by atoms with Crippen molar-refractivity contribution in [3.8, 4) is 5.75 Å². The van der Waals surface area contributed by atoms with Gasteiger partial charge in [-0.15, -0.1) is 0 Å². The summed E-state index contributed by atoms with van der Waals surface area (Å²) in [5, 5.41) is 12.9. The van der Waals surface area contributed by atoms with Crippen LogP contribution >= 0.6 is 11.8 Å². The number of aromatic nitrogens is 2. The van der Waals surface area contributed by atoms with E-state index in [-0.39, 0.29) is 5.75 Å². The molecule has 0 unspecified atom stereocenters. The summed E-state index contributed by atoms with van der Waals surface area (Å²) in [6.45, 7) is 0.890. The van der Waals surface area contributed by atoms with Crippen molar-refractivity contribution in [3.63, 3.8) is 0 Å². The van der Waals surface area contributed by atoms with Crippen LogP contribution in [0.2, 0.25) is 0 Å². The van der Waals surface area contributed by atoms with E-state index in [0.717, 1.165) is 18.7 Å². The lowest BCUT2D eigenvalue weighted by molar-refractivity contribution is 0.473. The molecule has 0 spiro atoms. The lowest BCUT2D eigenvalue weighted by Gasteiger charge is -1.97. The van der Waals surface area contributed by atoms with Crippen molar-refractivity contribution >= 4 is 11.8 Å². The van der Waals surface area contributed by atoms with E-state index in [1.165, 1.54) is 6.20 Å². The lowest BCUT2D eigenvalue weighted by Crippen LogP contribution is -1.98. The molecular weight excluding hydrogens is 160 g/mol. The van der Waals surface area contributed by atoms with E-state index < -0.39 is 0 Å². The van der Waals surface area contributed by atoms with Crippen LogP contribution in [-0.2, 0) is 6.54 Å². The number of aryl methyl sites for hydroxylation is 1. The maximum Gasteiger partial charge on any atom is 0.153 e. The zero-order valence-electron chi connectivity index (χ0n) is 6.53. The summed E-state index contributed by atoms with van der Waals surface area (Å²) in [4.78, 5) is 0. The predicted octanol–water partition coefficient (Wildman–Crippen LogP) is 1.34. The van der Waals surface area contributed by atoms with Gasteiger partial charge in [-0.1, -0.05) is 0 Å². The van der Waals surface area contributed by atoms with Crippen LogP contribution in [0, 0.1) is 0 Å². The molecular formula is C7H12N2OS. The SMILES string of the molecule is CSCCCn1cc(O)cn1. The predicted molar refractivity (Wildman–Crippen MR) is 46.9 cm³/mol. The minimum atomic E-state index is 0.245. The second-order valence-electron chi connectivity index (χ2n) is 2.31. The van der Waals surface area contributed by atoms with E-state index in [4.69, 9.17) is 5.11 Å². The summed E-state index contributed by atoms with van der Waals surface area (Å²) in [5.74, 6) is 1.38. The van der Waals surface area contributed by atoms with Crippen LogP contribution in [-0.4, -0.2) is 26.9 Å². The van der Waals surface area contributed by atoms with Gasteiger partial charge in [-0.05, 0) is 18.4 Å². The highest BCUT2D eigenvalue weighted by Crippen LogP contribution is 2.05. The maximum absolute atomic E-state index is 8.92. The Morgan fingerprint density at radius 1 is 1.73 bits per heavy atom. The first kappa shape index (κ1) is 8.46. The van der Waals surface area contributed by atoms with Crippen molar-refractivity contribution < 1.29 is 5.11 Å². The van der Waals surface area contributed by atoms with E-state index in [1.807, 2.05) is 11.8 Å². The Balaban J connectivity index is 2.27. The van der Waals surface area contributed by atoms with Crippen LogP contribution in [0.4, 0.5) is 0 Å². The standard InChI is InChI=1S/C7H12N2OS/c1-11-4-2-3-9-6-7(10)5-8-9/h5-6,10H,2-4H2,1H3. The van der Waals surface area contributed by atoms with Crippen LogP contribution in [0.1, 0.15) is 6.42 Å². The lowest BCUT2D eigenvalue weighted by atomic mass is 10.5. The van der Waals surface area contributed by atoms with Gasteiger partial charge in [-0.25, -0.2) is 0 Å². The minimum absolute atomic E-state index is 0.245. The second kappa shape index (κ2) is 4.28. The molecule has 4 heteroatoms. The molecule has 1 N–H and O–H groups in total. The van der Waals surface area contributed by atoms with Crippen molar-refractivity contribution in [3.05, 3.63) is 12.4 Å². The van der Waals surface area contributed by atoms with Gasteiger partial charge in [0.15, 0.2) is 5.75 Å². The third kappa shape index (κ3) is 2.84. The average Bonchev–Trinajstić information content (AvgIpc) is 2.37. The molecule has 62 valence electrons. The van der Waals surface area contributed by atoms with Gasteiger partial charge < -0.3 is 5.11 Å². The van der Waals surface area contributed by atoms with Crippen molar-refractivity contribution in [2.75, 3.05) is 12.0 Å². The van der Waals surface area contributed by atoms with Crippen LogP contribution in [0.5, 0.6) is 5.75 Å². The molecule has 0 aliphatic carbocycles. The number of aromatic hydroxyl groups is 1. The molecule has 0 bridgehead atoms. The molecule has 1 aromatic heterocycles. The summed E-state index contributed by atoms with van der Waals surface area (Å²) < 4.78 is 1.76. The summed E-state index contributed by atoms with van der Waals surface area (Å²) in [6, 6.07) is 0. The number of hydrogen-bond donors (Lipinski definition) is 1. The number of hydrogen-bond acceptors (Lipinski definition) is 3. The Morgan fingerprint density at radius 3 is 3.09 bits per heavy atom. The third-order valence-electron chi connectivity index (χ3n) is 1.36. The van der Waals surface area contributed by atoms with Crippen molar-refractivity contribution in [1.82, 2.24) is 9.78 Å². The van der Waals surface area contributed by atoms with Gasteiger partial charge in [0.2, 0.25) is 0 Å². The highest BCUT2D eigenvalue weighted by Gasteiger charge is 1.93. The minimum Gasteiger partial charge on any atom is -0.505 e. The van der Waals surface area contributed by atoms with Crippen LogP contribution < -0.4 is 0 Å². The zero-order valence-corrected chi connectivity index (χ0v) is 7.34. The Morgan fingerprint density at radius 2 is 2.55 bits per heavy atom. The third-order valence-corrected chi connectivity index (χ3v) is 2.05. The van der Waals surface area contributed by atoms with Gasteiger partial charge in [0.25, 0.3) is 0 Å². The van der Waals surface area contributed by atoms with Gasteiger partial charge >= 0.3 is 0 Å². The first-order chi connectivity index (χ1) is 5.33. The van der Waals surface area contributed by atoms with E-state index in [2.05, 4.69) is 11.4 Å². The average molecular weight is 172 g/mol. The maximum atomic E-state index is 8.92. The molecule has 0 saturated carbocycles. The first-order valence-electron chi connectivity index (χ1n) is 3.53. The zero-order chi connectivity index (χ0) is 8.10. The summed E-state index contributed by atoms with van der Waals surface area (Å²) in [7, 11) is 0. The second-order valence-corrected chi connectivity index (χ2v) is 3.29. The van der Waals surface area contributed by atoms with Crippen molar-refractivity contribution in [1.29, 1.82) is 0 Å². The molecule has 0 radical (unpaired) electrons. The summed E-state index contributed by atoms with van der Waals surface area (Å²) in [6.07, 6.45) is 6.28. The highest BCUT2D eigenvalue weighted by molar-refractivity contribution is 7.98. The number of rotatable bonds is 4. The van der Waals surface area contributed by atoms with Crippen molar-refractivity contribution in [2.24, 2.45) is 0 Å². The molecule has 0 aliphatic heterocycles. The van der Waals surface area contributed by atoms with Crippen LogP contribution in [0.3, 0.4) is 0 Å². The van der Waals surface area contributed by atoms with E-state index in [0.29, 0.717) is 0 Å². The summed E-state index contributed by atoms with van der Waals surface area (Å²) >= 11 is 1.82. The topological polar surface area (TPSA) is 38.0 Å².